The van der Waals surface area contributed by atoms with Gasteiger partial charge >= 0.3 is 35.5 Å². The Kier molecular flexibility index (Phi) is 6.70. The van der Waals surface area contributed by atoms with E-state index in [1.807, 2.05) is 0 Å². The molecule has 0 rings (SSSR count). The third-order valence-electron chi connectivity index (χ3n) is 1.08. The van der Waals surface area contributed by atoms with Gasteiger partial charge in [-0.25, -0.2) is 0 Å². The van der Waals surface area contributed by atoms with Crippen LogP contribution in [0.4, 0.5) is 0 Å². The summed E-state index contributed by atoms with van der Waals surface area (Å²) < 4.78 is 0. The van der Waals surface area contributed by atoms with Crippen LogP contribution < -0.4 is 5.32 Å². The number of hydrogen-bond donors (Lipinski definition) is 2. The molecular weight excluding hydrogens is 169 g/mol. The summed E-state index contributed by atoms with van der Waals surface area (Å²) in [5.74, 6) is -1.28. The summed E-state index contributed by atoms with van der Waals surface area (Å²) in [5, 5.41) is 10.5. The van der Waals surface area contributed by atoms with Gasteiger partial charge in [-0.15, -0.1) is 0 Å². The Bertz CT molecular complexity index is 174. The summed E-state index contributed by atoms with van der Waals surface area (Å²) in [7, 11) is 0. The minimum atomic E-state index is -1.03. The molecule has 0 aromatic rings. The summed E-state index contributed by atoms with van der Waals surface area (Å²) in [4.78, 5) is 21.0. The topological polar surface area (TPSA) is 66.4 Å². The molecule has 0 atom stereocenters. The van der Waals surface area contributed by atoms with Gasteiger partial charge in [-0.2, -0.15) is 0 Å². The second kappa shape index (κ2) is 5.56. The number of carboxylic acid groups (broad SMARTS) is 1. The van der Waals surface area contributed by atoms with Crippen LogP contribution in [0.5, 0.6) is 0 Å². The third-order valence-corrected chi connectivity index (χ3v) is 1.08. The van der Waals surface area contributed by atoms with E-state index in [9.17, 15) is 9.59 Å². The average molecular weight is 183 g/mol. The molecule has 0 aromatic heterocycles. The van der Waals surface area contributed by atoms with Crippen LogP contribution in [0, 0.1) is 5.41 Å². The number of carbonyl (C=O) groups is 2. The van der Waals surface area contributed by atoms with Crippen LogP contribution in [0.15, 0.2) is 0 Å². The van der Waals surface area contributed by atoms with Crippen molar-refractivity contribution < 1.29 is 14.7 Å². The summed E-state index contributed by atoms with van der Waals surface area (Å²) in [5.41, 5.74) is -0.518. The maximum atomic E-state index is 11.0. The third kappa shape index (κ3) is 6.64. The van der Waals surface area contributed by atoms with E-state index in [-0.39, 0.29) is 42.0 Å². The van der Waals surface area contributed by atoms with Crippen molar-refractivity contribution in [3.05, 3.63) is 0 Å². The molecule has 2 N–H and O–H groups in total. The van der Waals surface area contributed by atoms with E-state index in [1.165, 1.54) is 0 Å². The van der Waals surface area contributed by atoms with Crippen molar-refractivity contribution in [2.75, 3.05) is 6.54 Å². The predicted molar refractivity (Wildman–Crippen MR) is 47.2 cm³/mol. The van der Waals surface area contributed by atoms with E-state index in [4.69, 9.17) is 5.11 Å². The van der Waals surface area contributed by atoms with Crippen molar-refractivity contribution in [2.24, 2.45) is 5.41 Å². The van der Waals surface area contributed by atoms with Crippen molar-refractivity contribution >= 4 is 41.4 Å². The Labute approximate surface area is 94.0 Å². The summed E-state index contributed by atoms with van der Waals surface area (Å²) in [6, 6.07) is 0. The zero-order chi connectivity index (χ0) is 9.07. The molecule has 0 aromatic carbocycles. The van der Waals surface area contributed by atoms with Crippen LogP contribution in [0.3, 0.4) is 0 Å². The van der Waals surface area contributed by atoms with E-state index in [1.54, 1.807) is 20.8 Å². The van der Waals surface area contributed by atoms with Gasteiger partial charge in [-0.3, -0.25) is 9.59 Å². The fourth-order valence-electron chi connectivity index (χ4n) is 0.421. The van der Waals surface area contributed by atoms with Gasteiger partial charge in [0.25, 0.3) is 0 Å². The monoisotopic (exact) mass is 183 g/mol. The first kappa shape index (κ1) is 14.5. The quantitative estimate of drug-likeness (QED) is 0.572. The number of rotatable bonds is 2. The first-order valence-electron chi connectivity index (χ1n) is 3.34. The Morgan fingerprint density at radius 2 is 1.75 bits per heavy atom. The van der Waals surface area contributed by atoms with Gasteiger partial charge in [0.15, 0.2) is 0 Å². The summed E-state index contributed by atoms with van der Waals surface area (Å²) in [6.07, 6.45) is 0. The maximum absolute atomic E-state index is 11.0. The molecule has 5 heteroatoms. The van der Waals surface area contributed by atoms with Crippen LogP contribution in [0.2, 0.25) is 0 Å². The van der Waals surface area contributed by atoms with Crippen molar-refractivity contribution in [2.45, 2.75) is 20.8 Å². The molecule has 0 unspecified atom stereocenters. The van der Waals surface area contributed by atoms with Crippen molar-refractivity contribution in [3.8, 4) is 0 Å². The van der Waals surface area contributed by atoms with Crippen molar-refractivity contribution in [1.29, 1.82) is 0 Å². The van der Waals surface area contributed by atoms with Gasteiger partial charge in [0.1, 0.15) is 6.54 Å². The Hall–Kier alpha value is -0.0600. The first-order chi connectivity index (χ1) is 4.84. The van der Waals surface area contributed by atoms with Gasteiger partial charge < -0.3 is 10.4 Å². The van der Waals surface area contributed by atoms with Gasteiger partial charge in [0.2, 0.25) is 5.91 Å². The fourth-order valence-corrected chi connectivity index (χ4v) is 0.421. The van der Waals surface area contributed by atoms with Crippen LogP contribution in [-0.2, 0) is 9.59 Å². The van der Waals surface area contributed by atoms with Crippen molar-refractivity contribution in [1.82, 2.24) is 5.32 Å². The van der Waals surface area contributed by atoms with Gasteiger partial charge in [0.05, 0.1) is 0 Å². The molecule has 0 radical (unpaired) electrons. The Morgan fingerprint density at radius 1 is 1.33 bits per heavy atom. The molecule has 0 aliphatic rings. The number of aliphatic carboxylic acids is 1. The number of amides is 1. The Morgan fingerprint density at radius 3 is 2.00 bits per heavy atom. The van der Waals surface area contributed by atoms with Gasteiger partial charge in [-0.1, -0.05) is 20.8 Å². The number of hydrogen-bond acceptors (Lipinski definition) is 2. The minimum absolute atomic E-state index is 0. The van der Waals surface area contributed by atoms with Crippen LogP contribution in [0.25, 0.3) is 0 Å². The van der Waals surface area contributed by atoms with E-state index in [0.717, 1.165) is 0 Å². The molecule has 0 spiro atoms. The standard InChI is InChI=1S/C7H13NO3.Na.H/c1-7(2,3)6(11)8-4-5(9)10;;/h4H2,1-3H3,(H,8,11)(H,9,10);;. The molecule has 66 valence electrons. The molecule has 4 nitrogen and oxygen atoms in total. The normalized spacial score (nSPS) is 9.92. The van der Waals surface area contributed by atoms with Crippen LogP contribution in [0.1, 0.15) is 20.8 Å². The second-order valence-electron chi connectivity index (χ2n) is 3.33. The van der Waals surface area contributed by atoms with E-state index < -0.39 is 11.4 Å². The van der Waals surface area contributed by atoms with Crippen LogP contribution in [-0.4, -0.2) is 53.1 Å². The van der Waals surface area contributed by atoms with Crippen LogP contribution >= 0.6 is 0 Å². The molecule has 12 heavy (non-hydrogen) atoms. The number of nitrogens with one attached hydrogen (secondary N) is 1. The van der Waals surface area contributed by atoms with Crippen molar-refractivity contribution in [3.63, 3.8) is 0 Å². The summed E-state index contributed by atoms with van der Waals surface area (Å²) in [6.45, 7) is 4.87. The van der Waals surface area contributed by atoms with Gasteiger partial charge in [0, 0.05) is 5.41 Å². The SMILES string of the molecule is CC(C)(C)C(=O)NCC(=O)O.[NaH]. The molecule has 1 amide bonds. The number of carboxylic acids is 1. The molecule has 0 heterocycles. The molecule has 0 bridgehead atoms. The van der Waals surface area contributed by atoms with E-state index in [0.29, 0.717) is 0 Å². The molecule has 0 saturated heterocycles. The average Bonchev–Trinajstić information content (AvgIpc) is 1.80. The fraction of sp³-hybridized carbons (Fsp3) is 0.714. The predicted octanol–water partition coefficient (Wildman–Crippen LogP) is -0.415. The molecule has 0 aliphatic heterocycles. The molecule has 0 aliphatic carbocycles. The molecular formula is C7H14NNaO3. The first-order valence-corrected chi connectivity index (χ1v) is 3.34. The zero-order valence-corrected chi connectivity index (χ0v) is 6.97. The zero-order valence-electron chi connectivity index (χ0n) is 6.97. The molecule has 0 saturated carbocycles. The van der Waals surface area contributed by atoms with Gasteiger partial charge in [-0.05, 0) is 0 Å². The summed E-state index contributed by atoms with van der Waals surface area (Å²) >= 11 is 0. The van der Waals surface area contributed by atoms with E-state index >= 15 is 0 Å². The molecule has 0 fully saturated rings. The number of carbonyl (C=O) groups excluding carboxylic acids is 1. The Balaban J connectivity index is 0. The van der Waals surface area contributed by atoms with E-state index in [2.05, 4.69) is 5.32 Å². The second-order valence-corrected chi connectivity index (χ2v) is 3.33.